The smallest absolute Gasteiger partial charge is 0.393 e. The number of hydrogen-bond donors (Lipinski definition) is 4. The fourth-order valence-corrected chi connectivity index (χ4v) is 3.54. The van der Waals surface area contributed by atoms with Crippen LogP contribution in [0.1, 0.15) is 17.4 Å². The van der Waals surface area contributed by atoms with Crippen molar-refractivity contribution in [2.45, 2.75) is 43.7 Å². The van der Waals surface area contributed by atoms with Crippen LogP contribution in [0.3, 0.4) is 0 Å². The summed E-state index contributed by atoms with van der Waals surface area (Å²) in [5.41, 5.74) is 1.47. The standard InChI is InChI=1S/C19H20F3N5O4/c20-19(21,22)5-10-2-1-3-11(4-10)6-23-16-13-17(25-8-24-16)27(9-26-13)18-15(30)14(29)12(7-28)31-18/h1-4,8-9,12,14-15,18,28-30H,5-7H2,(H,23,24,25)/t12-,14-,15-,18-/m1/s1. The molecule has 4 rings (SSSR count). The van der Waals surface area contributed by atoms with E-state index in [-0.39, 0.29) is 12.1 Å². The molecule has 1 saturated heterocycles. The highest BCUT2D eigenvalue weighted by molar-refractivity contribution is 5.82. The minimum atomic E-state index is -4.28. The van der Waals surface area contributed by atoms with Gasteiger partial charge in [-0.3, -0.25) is 4.57 Å². The highest BCUT2D eigenvalue weighted by Crippen LogP contribution is 2.32. The normalized spacial score (nSPS) is 24.1. The monoisotopic (exact) mass is 439 g/mol. The Bertz CT molecular complexity index is 1060. The number of nitrogens with one attached hydrogen (secondary N) is 1. The first-order valence-corrected chi connectivity index (χ1v) is 9.45. The van der Waals surface area contributed by atoms with Crippen LogP contribution in [-0.2, 0) is 17.7 Å². The minimum absolute atomic E-state index is 0.160. The SMILES string of the molecule is OC[C@H]1O[C@@H](n2cnc3c(NCc4cccc(CC(F)(F)F)c4)ncnc32)[C@H](O)[C@@H]1O. The largest absolute Gasteiger partial charge is 0.394 e. The van der Waals surface area contributed by atoms with E-state index in [1.165, 1.54) is 29.4 Å². The molecule has 0 amide bonds. The summed E-state index contributed by atoms with van der Waals surface area (Å²) < 4.78 is 44.8. The van der Waals surface area contributed by atoms with Crippen LogP contribution in [0.4, 0.5) is 19.0 Å². The van der Waals surface area contributed by atoms with E-state index in [1.54, 1.807) is 12.1 Å². The van der Waals surface area contributed by atoms with Gasteiger partial charge in [-0.25, -0.2) is 15.0 Å². The molecule has 1 aliphatic rings. The van der Waals surface area contributed by atoms with E-state index in [0.29, 0.717) is 22.5 Å². The van der Waals surface area contributed by atoms with Gasteiger partial charge in [0.1, 0.15) is 24.6 Å². The Morgan fingerprint density at radius 3 is 2.58 bits per heavy atom. The van der Waals surface area contributed by atoms with E-state index < -0.39 is 43.7 Å². The average Bonchev–Trinajstić information content (AvgIpc) is 3.27. The van der Waals surface area contributed by atoms with E-state index >= 15 is 0 Å². The van der Waals surface area contributed by atoms with Gasteiger partial charge in [0.15, 0.2) is 23.2 Å². The first-order chi connectivity index (χ1) is 14.8. The van der Waals surface area contributed by atoms with Gasteiger partial charge in [-0.05, 0) is 11.1 Å². The van der Waals surface area contributed by atoms with Gasteiger partial charge < -0.3 is 25.4 Å². The van der Waals surface area contributed by atoms with Crippen molar-refractivity contribution in [3.05, 3.63) is 48.0 Å². The Labute approximate surface area is 174 Å². The average molecular weight is 439 g/mol. The molecular formula is C19H20F3N5O4. The molecule has 0 aliphatic carbocycles. The molecular weight excluding hydrogens is 419 g/mol. The second kappa shape index (κ2) is 8.38. The quantitative estimate of drug-likeness (QED) is 0.451. The summed E-state index contributed by atoms with van der Waals surface area (Å²) >= 11 is 0. The first kappa shape index (κ1) is 21.4. The Morgan fingerprint density at radius 1 is 1.10 bits per heavy atom. The minimum Gasteiger partial charge on any atom is -0.394 e. The number of nitrogens with zero attached hydrogens (tertiary/aromatic N) is 4. The van der Waals surface area contributed by atoms with E-state index in [4.69, 9.17) is 4.74 Å². The van der Waals surface area contributed by atoms with Crippen LogP contribution in [-0.4, -0.2) is 65.9 Å². The Morgan fingerprint density at radius 2 is 1.87 bits per heavy atom. The molecule has 1 aliphatic heterocycles. The van der Waals surface area contributed by atoms with Crippen LogP contribution in [0.2, 0.25) is 0 Å². The molecule has 3 aromatic rings. The summed E-state index contributed by atoms with van der Waals surface area (Å²) in [4.78, 5) is 12.5. The lowest BCUT2D eigenvalue weighted by atomic mass is 10.1. The van der Waals surface area contributed by atoms with Crippen molar-refractivity contribution in [1.82, 2.24) is 19.5 Å². The first-order valence-electron chi connectivity index (χ1n) is 9.45. The highest BCUT2D eigenvalue weighted by Gasteiger charge is 2.44. The topological polar surface area (TPSA) is 126 Å². The molecule has 166 valence electrons. The van der Waals surface area contributed by atoms with Crippen molar-refractivity contribution < 1.29 is 33.2 Å². The van der Waals surface area contributed by atoms with E-state index in [9.17, 15) is 28.5 Å². The Balaban J connectivity index is 1.54. The number of halogens is 3. The number of ether oxygens (including phenoxy) is 1. The number of hydrogen-bond acceptors (Lipinski definition) is 8. The number of anilines is 1. The lowest BCUT2D eigenvalue weighted by Gasteiger charge is -2.16. The van der Waals surface area contributed by atoms with Gasteiger partial charge in [0.2, 0.25) is 0 Å². The highest BCUT2D eigenvalue weighted by atomic mass is 19.4. The van der Waals surface area contributed by atoms with Gasteiger partial charge in [0, 0.05) is 6.54 Å². The van der Waals surface area contributed by atoms with Crippen LogP contribution in [0.5, 0.6) is 0 Å². The molecule has 31 heavy (non-hydrogen) atoms. The van der Waals surface area contributed by atoms with Gasteiger partial charge in [0.25, 0.3) is 0 Å². The van der Waals surface area contributed by atoms with Gasteiger partial charge in [-0.15, -0.1) is 0 Å². The zero-order valence-corrected chi connectivity index (χ0v) is 16.1. The van der Waals surface area contributed by atoms with Crippen LogP contribution in [0.25, 0.3) is 11.2 Å². The molecule has 3 heterocycles. The van der Waals surface area contributed by atoms with Gasteiger partial charge in [-0.2, -0.15) is 13.2 Å². The molecule has 0 unspecified atom stereocenters. The number of imidazole rings is 1. The van der Waals surface area contributed by atoms with Crippen LogP contribution in [0, 0.1) is 0 Å². The molecule has 4 N–H and O–H groups in total. The Hall–Kier alpha value is -2.80. The number of alkyl halides is 3. The maximum absolute atomic E-state index is 12.6. The molecule has 9 nitrogen and oxygen atoms in total. The van der Waals surface area contributed by atoms with Crippen molar-refractivity contribution >= 4 is 17.0 Å². The fraction of sp³-hybridized carbons (Fsp3) is 0.421. The van der Waals surface area contributed by atoms with E-state index in [0.717, 1.165) is 0 Å². The second-order valence-electron chi connectivity index (χ2n) is 7.24. The molecule has 4 atom stereocenters. The number of aromatic nitrogens is 4. The predicted octanol–water partition coefficient (Wildman–Crippen LogP) is 1.15. The van der Waals surface area contributed by atoms with Gasteiger partial charge >= 0.3 is 6.18 Å². The number of fused-ring (bicyclic) bond motifs is 1. The van der Waals surface area contributed by atoms with Crippen molar-refractivity contribution in [3.63, 3.8) is 0 Å². The fourth-order valence-electron chi connectivity index (χ4n) is 3.54. The lowest BCUT2D eigenvalue weighted by molar-refractivity contribution is -0.127. The van der Waals surface area contributed by atoms with Gasteiger partial charge in [-0.1, -0.05) is 24.3 Å². The summed E-state index contributed by atoms with van der Waals surface area (Å²) in [6.45, 7) is -0.255. The lowest BCUT2D eigenvalue weighted by Crippen LogP contribution is -2.33. The zero-order chi connectivity index (χ0) is 22.2. The summed E-state index contributed by atoms with van der Waals surface area (Å²) in [5.74, 6) is 0.344. The third-order valence-corrected chi connectivity index (χ3v) is 5.01. The van der Waals surface area contributed by atoms with Crippen molar-refractivity contribution in [2.24, 2.45) is 0 Å². The number of aliphatic hydroxyl groups excluding tert-OH is 3. The summed E-state index contributed by atoms with van der Waals surface area (Å²) in [7, 11) is 0. The number of benzene rings is 1. The van der Waals surface area contributed by atoms with Crippen LogP contribution in [0.15, 0.2) is 36.9 Å². The molecule has 0 radical (unpaired) electrons. The molecule has 12 heteroatoms. The van der Waals surface area contributed by atoms with Crippen molar-refractivity contribution in [2.75, 3.05) is 11.9 Å². The Kier molecular flexibility index (Phi) is 5.79. The molecule has 1 aromatic carbocycles. The molecule has 0 bridgehead atoms. The molecule has 2 aromatic heterocycles. The van der Waals surface area contributed by atoms with E-state index in [1.807, 2.05) is 0 Å². The number of aliphatic hydroxyl groups is 3. The maximum atomic E-state index is 12.6. The molecule has 0 spiro atoms. The molecule has 0 saturated carbocycles. The van der Waals surface area contributed by atoms with Crippen LogP contribution >= 0.6 is 0 Å². The summed E-state index contributed by atoms with van der Waals surface area (Å²) in [6.07, 6.45) is -7.16. The van der Waals surface area contributed by atoms with Gasteiger partial charge in [0.05, 0.1) is 19.4 Å². The maximum Gasteiger partial charge on any atom is 0.393 e. The zero-order valence-electron chi connectivity index (χ0n) is 16.1. The predicted molar refractivity (Wildman–Crippen MR) is 102 cm³/mol. The van der Waals surface area contributed by atoms with Crippen molar-refractivity contribution in [3.8, 4) is 0 Å². The molecule has 1 fully saturated rings. The second-order valence-corrected chi connectivity index (χ2v) is 7.24. The third-order valence-electron chi connectivity index (χ3n) is 5.01. The third kappa shape index (κ3) is 4.46. The summed E-state index contributed by atoms with van der Waals surface area (Å²) in [5, 5.41) is 32.5. The van der Waals surface area contributed by atoms with Crippen LogP contribution < -0.4 is 5.32 Å². The summed E-state index contributed by atoms with van der Waals surface area (Å²) in [6, 6.07) is 6.15. The number of rotatable bonds is 6. The van der Waals surface area contributed by atoms with E-state index in [2.05, 4.69) is 20.3 Å². The van der Waals surface area contributed by atoms with Crippen molar-refractivity contribution in [1.29, 1.82) is 0 Å².